The highest BCUT2D eigenvalue weighted by atomic mass is 32.2. The zero-order valence-electron chi connectivity index (χ0n) is 14.7. The number of para-hydroxylation sites is 2. The molecule has 140 valence electrons. The Labute approximate surface area is 160 Å². The smallest absolute Gasteiger partial charge is 0.192 e. The van der Waals surface area contributed by atoms with Crippen molar-refractivity contribution in [2.75, 3.05) is 19.0 Å². The lowest BCUT2D eigenvalue weighted by molar-refractivity contribution is 0.0825. The summed E-state index contributed by atoms with van der Waals surface area (Å²) in [6, 6.07) is 13.5. The molecule has 8 heteroatoms. The van der Waals surface area contributed by atoms with E-state index in [4.69, 9.17) is 14.2 Å². The van der Waals surface area contributed by atoms with Crippen molar-refractivity contribution in [3.05, 3.63) is 60.2 Å². The zero-order chi connectivity index (χ0) is 18.6. The first kappa shape index (κ1) is 17.7. The molecule has 0 N–H and O–H groups in total. The van der Waals surface area contributed by atoms with Crippen LogP contribution in [0.3, 0.4) is 0 Å². The van der Waals surface area contributed by atoms with E-state index in [0.29, 0.717) is 36.3 Å². The molecule has 1 atom stereocenters. The van der Waals surface area contributed by atoms with Gasteiger partial charge in [0.15, 0.2) is 28.6 Å². The second kappa shape index (κ2) is 7.87. The number of hydrogen-bond donors (Lipinski definition) is 0. The summed E-state index contributed by atoms with van der Waals surface area (Å²) in [5, 5.41) is 9.28. The highest BCUT2D eigenvalue weighted by molar-refractivity contribution is 7.99. The Morgan fingerprint density at radius 3 is 2.74 bits per heavy atom. The van der Waals surface area contributed by atoms with Gasteiger partial charge in [-0.05, 0) is 36.4 Å². The molecule has 2 heterocycles. The largest absolute Gasteiger partial charge is 0.493 e. The lowest BCUT2D eigenvalue weighted by atomic mass is 10.2. The summed E-state index contributed by atoms with van der Waals surface area (Å²) in [7, 11) is 1.91. The second-order valence-electron chi connectivity index (χ2n) is 5.91. The Balaban J connectivity index is 1.33. The van der Waals surface area contributed by atoms with Crippen LogP contribution in [0.5, 0.6) is 17.2 Å². The molecule has 0 bridgehead atoms. The van der Waals surface area contributed by atoms with E-state index in [1.54, 1.807) is 12.1 Å². The highest BCUT2D eigenvalue weighted by Gasteiger charge is 2.27. The number of hydrogen-bond acceptors (Lipinski definition) is 6. The average molecular weight is 387 g/mol. The maximum absolute atomic E-state index is 12.9. The molecule has 1 aromatic heterocycles. The van der Waals surface area contributed by atoms with Crippen LogP contribution in [0.2, 0.25) is 0 Å². The van der Waals surface area contributed by atoms with Crippen LogP contribution in [0.15, 0.2) is 53.7 Å². The fourth-order valence-corrected chi connectivity index (χ4v) is 3.44. The molecule has 2 aromatic carbocycles. The Bertz CT molecular complexity index is 917. The Morgan fingerprint density at radius 2 is 1.93 bits per heavy atom. The molecule has 6 nitrogen and oxygen atoms in total. The van der Waals surface area contributed by atoms with E-state index in [1.165, 1.54) is 23.9 Å². The third kappa shape index (κ3) is 4.00. The van der Waals surface area contributed by atoms with Gasteiger partial charge in [0.2, 0.25) is 0 Å². The zero-order valence-corrected chi connectivity index (χ0v) is 15.5. The van der Waals surface area contributed by atoms with Crippen LogP contribution in [0.25, 0.3) is 0 Å². The van der Waals surface area contributed by atoms with Gasteiger partial charge >= 0.3 is 0 Å². The molecule has 0 saturated carbocycles. The number of halogens is 1. The van der Waals surface area contributed by atoms with Crippen LogP contribution in [-0.2, 0) is 7.05 Å². The number of ether oxygens (including phenoxy) is 3. The molecule has 0 saturated heterocycles. The van der Waals surface area contributed by atoms with Gasteiger partial charge in [0.25, 0.3) is 0 Å². The molecule has 1 aliphatic heterocycles. The molecule has 0 aliphatic carbocycles. The Hall–Kier alpha value is -2.74. The number of nitrogens with zero attached hydrogens (tertiary/aromatic N) is 3. The molecule has 0 amide bonds. The predicted octanol–water partition coefficient (Wildman–Crippen LogP) is 3.64. The van der Waals surface area contributed by atoms with Crippen LogP contribution in [0.1, 0.15) is 11.9 Å². The monoisotopic (exact) mass is 387 g/mol. The maximum atomic E-state index is 12.9. The number of rotatable bonds is 6. The lowest BCUT2D eigenvalue weighted by Gasteiger charge is -2.25. The van der Waals surface area contributed by atoms with Crippen molar-refractivity contribution >= 4 is 11.8 Å². The molecule has 0 radical (unpaired) electrons. The van der Waals surface area contributed by atoms with Crippen molar-refractivity contribution in [2.24, 2.45) is 7.05 Å². The molecule has 3 aromatic rings. The molecule has 0 spiro atoms. The van der Waals surface area contributed by atoms with E-state index in [-0.39, 0.29) is 11.9 Å². The summed E-state index contributed by atoms with van der Waals surface area (Å²) in [5.74, 6) is 3.21. The van der Waals surface area contributed by atoms with E-state index in [9.17, 15) is 4.39 Å². The van der Waals surface area contributed by atoms with E-state index in [0.717, 1.165) is 10.9 Å². The third-order valence-corrected chi connectivity index (χ3v) is 5.05. The quantitative estimate of drug-likeness (QED) is 0.475. The molecule has 1 unspecified atom stereocenters. The van der Waals surface area contributed by atoms with Crippen molar-refractivity contribution in [3.8, 4) is 17.2 Å². The average Bonchev–Trinajstić information content (AvgIpc) is 3.07. The van der Waals surface area contributed by atoms with Crippen LogP contribution < -0.4 is 14.2 Å². The predicted molar refractivity (Wildman–Crippen MR) is 98.9 cm³/mol. The normalized spacial score (nSPS) is 15.6. The minimum Gasteiger partial charge on any atom is -0.493 e. The summed E-state index contributed by atoms with van der Waals surface area (Å²) in [5.41, 5.74) is 0. The summed E-state index contributed by atoms with van der Waals surface area (Å²) in [6.45, 7) is 0.871. The Kier molecular flexibility index (Phi) is 5.15. The van der Waals surface area contributed by atoms with Crippen molar-refractivity contribution in [2.45, 2.75) is 11.3 Å². The topological polar surface area (TPSA) is 58.4 Å². The summed E-state index contributed by atoms with van der Waals surface area (Å²) in [6.07, 6.45) is -0.304. The van der Waals surface area contributed by atoms with Crippen molar-refractivity contribution in [1.29, 1.82) is 0 Å². The van der Waals surface area contributed by atoms with Gasteiger partial charge in [0.05, 0.1) is 6.61 Å². The molecule has 0 fully saturated rings. The Morgan fingerprint density at radius 1 is 1.15 bits per heavy atom. The highest BCUT2D eigenvalue weighted by Crippen LogP contribution is 2.35. The fraction of sp³-hybridized carbons (Fsp3) is 0.263. The minimum atomic E-state index is -0.304. The van der Waals surface area contributed by atoms with E-state index in [2.05, 4.69) is 10.2 Å². The first-order chi connectivity index (χ1) is 13.2. The van der Waals surface area contributed by atoms with Crippen LogP contribution in [-0.4, -0.2) is 33.7 Å². The van der Waals surface area contributed by atoms with Gasteiger partial charge in [-0.3, -0.25) is 0 Å². The number of benzene rings is 2. The van der Waals surface area contributed by atoms with Gasteiger partial charge in [-0.1, -0.05) is 23.9 Å². The third-order valence-electron chi connectivity index (χ3n) is 4.06. The first-order valence-corrected chi connectivity index (χ1v) is 9.48. The van der Waals surface area contributed by atoms with Gasteiger partial charge in [0.1, 0.15) is 18.2 Å². The maximum Gasteiger partial charge on any atom is 0.192 e. The SMILES string of the molecule is Cn1c(SCCOc2ccc(F)cc2)nnc1C1COc2ccccc2O1. The van der Waals surface area contributed by atoms with Crippen LogP contribution in [0.4, 0.5) is 4.39 Å². The molecular formula is C19H18FN3O3S. The summed E-state index contributed by atoms with van der Waals surface area (Å²) < 4.78 is 32.1. The molecule has 27 heavy (non-hydrogen) atoms. The fourth-order valence-electron chi connectivity index (χ4n) is 2.70. The number of fused-ring (bicyclic) bond motifs is 1. The standard InChI is InChI=1S/C19H18FN3O3S/c1-23-18(17-12-25-15-4-2-3-5-16(15)26-17)21-22-19(23)27-11-10-24-14-8-6-13(20)7-9-14/h2-9,17H,10-12H2,1H3. The van der Waals surface area contributed by atoms with Gasteiger partial charge in [0, 0.05) is 12.8 Å². The minimum absolute atomic E-state index is 0.278. The van der Waals surface area contributed by atoms with Gasteiger partial charge in [-0.15, -0.1) is 10.2 Å². The van der Waals surface area contributed by atoms with Crippen LogP contribution in [0, 0.1) is 5.82 Å². The first-order valence-electron chi connectivity index (χ1n) is 8.49. The lowest BCUT2D eigenvalue weighted by Crippen LogP contribution is -2.24. The van der Waals surface area contributed by atoms with E-state index >= 15 is 0 Å². The summed E-state index contributed by atoms with van der Waals surface area (Å²) in [4.78, 5) is 0. The molecule has 4 rings (SSSR count). The van der Waals surface area contributed by atoms with E-state index < -0.39 is 0 Å². The van der Waals surface area contributed by atoms with Crippen molar-refractivity contribution < 1.29 is 18.6 Å². The summed E-state index contributed by atoms with van der Waals surface area (Å²) >= 11 is 1.53. The number of thioether (sulfide) groups is 1. The number of aromatic nitrogens is 3. The second-order valence-corrected chi connectivity index (χ2v) is 6.98. The van der Waals surface area contributed by atoms with E-state index in [1.807, 2.05) is 35.9 Å². The molecule has 1 aliphatic rings. The van der Waals surface area contributed by atoms with Crippen molar-refractivity contribution in [3.63, 3.8) is 0 Å². The van der Waals surface area contributed by atoms with Crippen LogP contribution >= 0.6 is 11.8 Å². The van der Waals surface area contributed by atoms with Crippen molar-refractivity contribution in [1.82, 2.24) is 14.8 Å². The van der Waals surface area contributed by atoms with Gasteiger partial charge in [-0.2, -0.15) is 0 Å². The molecular weight excluding hydrogens is 369 g/mol. The van der Waals surface area contributed by atoms with Gasteiger partial charge < -0.3 is 18.8 Å². The van der Waals surface area contributed by atoms with Gasteiger partial charge in [-0.25, -0.2) is 4.39 Å².